The van der Waals surface area contributed by atoms with Crippen LogP contribution in [0.25, 0.3) is 0 Å². The molecule has 0 rings (SSSR count). The normalized spacial score (nSPS) is 11.3. The van der Waals surface area contributed by atoms with Crippen molar-refractivity contribution >= 4 is 12.0 Å². The van der Waals surface area contributed by atoms with Gasteiger partial charge in [-0.05, 0) is 13.3 Å². The molecular formula is C11H18N2O3. The minimum absolute atomic E-state index is 0.109. The number of hydrogen-bond acceptors (Lipinski definition) is 2. The Labute approximate surface area is 95.8 Å². The van der Waals surface area contributed by atoms with E-state index in [1.54, 1.807) is 0 Å². The number of carbonyl (C=O) groups is 2. The van der Waals surface area contributed by atoms with Gasteiger partial charge in [-0.15, -0.1) is 12.3 Å². The molecule has 0 saturated carbocycles. The van der Waals surface area contributed by atoms with E-state index in [9.17, 15) is 9.59 Å². The Bertz CT molecular complexity index is 283. The Hall–Kier alpha value is -1.70. The Kier molecular flexibility index (Phi) is 6.77. The van der Waals surface area contributed by atoms with Crippen LogP contribution in [0.2, 0.25) is 0 Å². The highest BCUT2D eigenvalue weighted by atomic mass is 16.4. The zero-order valence-electron chi connectivity index (χ0n) is 9.69. The van der Waals surface area contributed by atoms with Crippen molar-refractivity contribution in [2.45, 2.75) is 32.7 Å². The summed E-state index contributed by atoms with van der Waals surface area (Å²) in [5, 5.41) is 11.3. The molecule has 0 aromatic rings. The summed E-state index contributed by atoms with van der Waals surface area (Å²) in [7, 11) is 0. The van der Waals surface area contributed by atoms with Crippen molar-refractivity contribution in [2.24, 2.45) is 0 Å². The monoisotopic (exact) mass is 226 g/mol. The Morgan fingerprint density at radius 2 is 2.19 bits per heavy atom. The number of aliphatic carboxylic acids is 1. The van der Waals surface area contributed by atoms with Gasteiger partial charge in [0.2, 0.25) is 0 Å². The second-order valence-corrected chi connectivity index (χ2v) is 3.46. The molecule has 0 aliphatic heterocycles. The molecule has 0 aromatic carbocycles. The topological polar surface area (TPSA) is 69.6 Å². The molecule has 90 valence electrons. The highest BCUT2D eigenvalue weighted by Gasteiger charge is 2.20. The third kappa shape index (κ3) is 5.25. The quantitative estimate of drug-likeness (QED) is 0.522. The predicted molar refractivity (Wildman–Crippen MR) is 60.9 cm³/mol. The molecule has 1 unspecified atom stereocenters. The van der Waals surface area contributed by atoms with E-state index in [0.717, 1.165) is 0 Å². The van der Waals surface area contributed by atoms with Gasteiger partial charge in [-0.3, -0.25) is 4.79 Å². The Morgan fingerprint density at radius 1 is 1.56 bits per heavy atom. The van der Waals surface area contributed by atoms with Crippen molar-refractivity contribution in [3.63, 3.8) is 0 Å². The Balaban J connectivity index is 4.33. The molecule has 0 heterocycles. The largest absolute Gasteiger partial charge is 0.480 e. The van der Waals surface area contributed by atoms with Crippen molar-refractivity contribution in [1.29, 1.82) is 0 Å². The van der Waals surface area contributed by atoms with Crippen LogP contribution in [0.5, 0.6) is 0 Å². The van der Waals surface area contributed by atoms with Gasteiger partial charge in [0.15, 0.2) is 0 Å². The molecule has 16 heavy (non-hydrogen) atoms. The van der Waals surface area contributed by atoms with Gasteiger partial charge in [-0.1, -0.05) is 6.92 Å². The van der Waals surface area contributed by atoms with E-state index in [0.29, 0.717) is 19.4 Å². The molecule has 0 aromatic heterocycles. The van der Waals surface area contributed by atoms with E-state index in [-0.39, 0.29) is 18.6 Å². The van der Waals surface area contributed by atoms with Crippen LogP contribution in [0.4, 0.5) is 4.79 Å². The molecule has 2 amide bonds. The Morgan fingerprint density at radius 3 is 2.62 bits per heavy atom. The van der Waals surface area contributed by atoms with Crippen LogP contribution in [-0.2, 0) is 4.79 Å². The number of nitrogens with one attached hydrogen (secondary N) is 1. The number of carboxylic acids is 1. The molecular weight excluding hydrogens is 208 g/mol. The smallest absolute Gasteiger partial charge is 0.323 e. The number of rotatable bonds is 6. The summed E-state index contributed by atoms with van der Waals surface area (Å²) in [6, 6.07) is -0.492. The summed E-state index contributed by atoms with van der Waals surface area (Å²) in [6.07, 6.45) is 6.19. The second-order valence-electron chi connectivity index (χ2n) is 3.46. The fourth-order valence-electron chi connectivity index (χ4n) is 1.14. The molecule has 0 aliphatic carbocycles. The number of carbonyl (C=O) groups excluding carboxylic acids is 1. The van der Waals surface area contributed by atoms with E-state index in [1.165, 1.54) is 4.90 Å². The maximum absolute atomic E-state index is 11.6. The van der Waals surface area contributed by atoms with Crippen LogP contribution < -0.4 is 5.32 Å². The lowest BCUT2D eigenvalue weighted by Gasteiger charge is -2.26. The summed E-state index contributed by atoms with van der Waals surface area (Å²) >= 11 is 0. The van der Waals surface area contributed by atoms with Crippen molar-refractivity contribution in [3.05, 3.63) is 0 Å². The van der Waals surface area contributed by atoms with Gasteiger partial charge >= 0.3 is 12.0 Å². The highest BCUT2D eigenvalue weighted by Crippen LogP contribution is 2.03. The lowest BCUT2D eigenvalue weighted by Crippen LogP contribution is -2.47. The number of urea groups is 1. The molecule has 0 spiro atoms. The maximum Gasteiger partial charge on any atom is 0.323 e. The standard InChI is InChI=1S/C11H18N2O3/c1-4-6-7-12-11(16)13(8-10(14)15)9(3)5-2/h1,9H,5-8H2,2-3H3,(H,12,16)(H,14,15). The van der Waals surface area contributed by atoms with Gasteiger partial charge < -0.3 is 15.3 Å². The van der Waals surface area contributed by atoms with E-state index in [2.05, 4.69) is 11.2 Å². The van der Waals surface area contributed by atoms with Gasteiger partial charge in [0.25, 0.3) is 0 Å². The molecule has 2 N–H and O–H groups in total. The minimum atomic E-state index is -1.02. The first kappa shape index (κ1) is 14.3. The molecule has 0 fully saturated rings. The summed E-state index contributed by atoms with van der Waals surface area (Å²) in [5.41, 5.74) is 0. The predicted octanol–water partition coefficient (Wildman–Crippen LogP) is 0.904. The summed E-state index contributed by atoms with van der Waals surface area (Å²) in [4.78, 5) is 23.5. The van der Waals surface area contributed by atoms with Gasteiger partial charge in [-0.25, -0.2) is 4.79 Å². The van der Waals surface area contributed by atoms with E-state index in [4.69, 9.17) is 11.5 Å². The SMILES string of the molecule is C#CCCNC(=O)N(CC(=O)O)C(C)CC. The zero-order chi connectivity index (χ0) is 12.6. The maximum atomic E-state index is 11.6. The molecule has 0 aliphatic rings. The number of amides is 2. The lowest BCUT2D eigenvalue weighted by atomic mass is 10.2. The van der Waals surface area contributed by atoms with E-state index >= 15 is 0 Å². The van der Waals surface area contributed by atoms with Gasteiger partial charge in [-0.2, -0.15) is 0 Å². The van der Waals surface area contributed by atoms with Crippen molar-refractivity contribution < 1.29 is 14.7 Å². The fraction of sp³-hybridized carbons (Fsp3) is 0.636. The van der Waals surface area contributed by atoms with Crippen LogP contribution in [0.1, 0.15) is 26.7 Å². The fourth-order valence-corrected chi connectivity index (χ4v) is 1.14. The van der Waals surface area contributed by atoms with Crippen LogP contribution in [-0.4, -0.2) is 41.1 Å². The molecule has 5 heteroatoms. The molecule has 0 saturated heterocycles. The molecule has 0 radical (unpaired) electrons. The third-order valence-corrected chi connectivity index (χ3v) is 2.23. The molecule has 0 bridgehead atoms. The number of terminal acetylenes is 1. The van der Waals surface area contributed by atoms with Gasteiger partial charge in [0.1, 0.15) is 6.54 Å². The first-order valence-corrected chi connectivity index (χ1v) is 5.22. The van der Waals surface area contributed by atoms with Crippen LogP contribution >= 0.6 is 0 Å². The van der Waals surface area contributed by atoms with Crippen molar-refractivity contribution in [2.75, 3.05) is 13.1 Å². The van der Waals surface area contributed by atoms with Crippen molar-refractivity contribution in [1.82, 2.24) is 10.2 Å². The second kappa shape index (κ2) is 7.57. The first-order chi connectivity index (χ1) is 7.52. The van der Waals surface area contributed by atoms with E-state index in [1.807, 2.05) is 13.8 Å². The van der Waals surface area contributed by atoms with Gasteiger partial charge in [0, 0.05) is 19.0 Å². The highest BCUT2D eigenvalue weighted by molar-refractivity contribution is 5.80. The van der Waals surface area contributed by atoms with E-state index < -0.39 is 5.97 Å². The zero-order valence-corrected chi connectivity index (χ0v) is 9.69. The van der Waals surface area contributed by atoms with Gasteiger partial charge in [0.05, 0.1) is 0 Å². The summed E-state index contributed by atoms with van der Waals surface area (Å²) in [6.45, 7) is 3.77. The van der Waals surface area contributed by atoms with Crippen LogP contribution in [0.15, 0.2) is 0 Å². The molecule has 5 nitrogen and oxygen atoms in total. The number of hydrogen-bond donors (Lipinski definition) is 2. The summed E-state index contributed by atoms with van der Waals surface area (Å²) in [5.74, 6) is 1.38. The average molecular weight is 226 g/mol. The average Bonchev–Trinajstić information content (AvgIpc) is 2.24. The van der Waals surface area contributed by atoms with Crippen LogP contribution in [0, 0.1) is 12.3 Å². The first-order valence-electron chi connectivity index (χ1n) is 5.22. The van der Waals surface area contributed by atoms with Crippen LogP contribution in [0.3, 0.4) is 0 Å². The minimum Gasteiger partial charge on any atom is -0.480 e. The number of nitrogens with zero attached hydrogens (tertiary/aromatic N) is 1. The van der Waals surface area contributed by atoms with Crippen molar-refractivity contribution in [3.8, 4) is 12.3 Å². The lowest BCUT2D eigenvalue weighted by molar-refractivity contribution is -0.138. The number of carboxylic acid groups (broad SMARTS) is 1. The molecule has 1 atom stereocenters. The third-order valence-electron chi connectivity index (χ3n) is 2.23. The summed E-state index contributed by atoms with van der Waals surface area (Å²) < 4.78 is 0.